The highest BCUT2D eigenvalue weighted by molar-refractivity contribution is 5.91. The van der Waals surface area contributed by atoms with E-state index in [0.717, 1.165) is 35.2 Å². The molecule has 2 rings (SSSR count). The van der Waals surface area contributed by atoms with Crippen LogP contribution in [0, 0.1) is 0 Å². The zero-order valence-corrected chi connectivity index (χ0v) is 12.2. The molecule has 19 heavy (non-hydrogen) atoms. The van der Waals surface area contributed by atoms with Crippen LogP contribution < -0.4 is 5.32 Å². The highest BCUT2D eigenvalue weighted by atomic mass is 16.5. The van der Waals surface area contributed by atoms with E-state index in [0.29, 0.717) is 0 Å². The van der Waals surface area contributed by atoms with Crippen molar-refractivity contribution >= 4 is 16.6 Å². The Bertz CT molecular complexity index is 564. The third kappa shape index (κ3) is 3.24. The molecule has 1 heterocycles. The molecule has 0 spiro atoms. The number of hydrogen-bond acceptors (Lipinski definition) is 3. The molecule has 0 radical (unpaired) electrons. The third-order valence-corrected chi connectivity index (χ3v) is 3.39. The van der Waals surface area contributed by atoms with Crippen molar-refractivity contribution in [2.24, 2.45) is 0 Å². The molecular weight excluding hydrogens is 236 g/mol. The quantitative estimate of drug-likeness (QED) is 0.889. The molecule has 0 aliphatic heterocycles. The Hall–Kier alpha value is -1.61. The lowest BCUT2D eigenvalue weighted by atomic mass is 10.1. The van der Waals surface area contributed by atoms with Gasteiger partial charge in [0.15, 0.2) is 0 Å². The van der Waals surface area contributed by atoms with Gasteiger partial charge >= 0.3 is 0 Å². The van der Waals surface area contributed by atoms with Crippen LogP contribution in [0.3, 0.4) is 0 Å². The number of benzene rings is 1. The van der Waals surface area contributed by atoms with E-state index in [1.165, 1.54) is 0 Å². The van der Waals surface area contributed by atoms with Crippen molar-refractivity contribution in [2.75, 3.05) is 19.0 Å². The number of rotatable bonds is 5. The number of aryl methyl sites for hydroxylation is 1. The maximum atomic E-state index is 5.45. The minimum Gasteiger partial charge on any atom is -0.382 e. The van der Waals surface area contributed by atoms with Crippen LogP contribution in [0.25, 0.3) is 10.9 Å². The topological polar surface area (TPSA) is 34.1 Å². The van der Waals surface area contributed by atoms with E-state index in [1.807, 2.05) is 12.1 Å². The molecule has 1 N–H and O–H groups in total. The molecule has 1 aromatic heterocycles. The maximum absolute atomic E-state index is 5.45. The van der Waals surface area contributed by atoms with Gasteiger partial charge in [-0.15, -0.1) is 0 Å². The summed E-state index contributed by atoms with van der Waals surface area (Å²) in [6.45, 7) is 7.04. The van der Waals surface area contributed by atoms with Crippen molar-refractivity contribution in [3.8, 4) is 0 Å². The van der Waals surface area contributed by atoms with E-state index in [2.05, 4.69) is 49.3 Å². The number of anilines is 1. The van der Waals surface area contributed by atoms with E-state index in [9.17, 15) is 0 Å². The van der Waals surface area contributed by atoms with Gasteiger partial charge < -0.3 is 10.1 Å². The predicted octanol–water partition coefficient (Wildman–Crippen LogP) is 3.63. The second-order valence-electron chi connectivity index (χ2n) is 5.35. The number of hydrogen-bond donors (Lipinski definition) is 1. The molecular formula is C16H22N2O. The minimum absolute atomic E-state index is 0.184. The highest BCUT2D eigenvalue weighted by Crippen LogP contribution is 2.24. The van der Waals surface area contributed by atoms with Crippen LogP contribution in [0.2, 0.25) is 0 Å². The number of pyridine rings is 1. The second kappa shape index (κ2) is 5.57. The number of methoxy groups -OCH3 is 1. The standard InChI is InChI=1S/C16H22N2O/c1-5-12-10-15(17-11-16(2,3)19-4)13-8-6-7-9-14(13)18-12/h6-10H,5,11H2,1-4H3,(H,17,18). The van der Waals surface area contributed by atoms with Crippen LogP contribution in [0.1, 0.15) is 26.5 Å². The zero-order valence-electron chi connectivity index (χ0n) is 12.2. The smallest absolute Gasteiger partial charge is 0.0794 e. The van der Waals surface area contributed by atoms with Crippen LogP contribution in [0.4, 0.5) is 5.69 Å². The molecule has 0 bridgehead atoms. The van der Waals surface area contributed by atoms with Crippen molar-refractivity contribution < 1.29 is 4.74 Å². The molecule has 0 unspecified atom stereocenters. The number of aromatic nitrogens is 1. The van der Waals surface area contributed by atoms with Gasteiger partial charge in [-0.2, -0.15) is 0 Å². The first kappa shape index (κ1) is 13.8. The Kier molecular flexibility index (Phi) is 4.05. The fraction of sp³-hybridized carbons (Fsp3) is 0.438. The van der Waals surface area contributed by atoms with E-state index >= 15 is 0 Å². The van der Waals surface area contributed by atoms with Gasteiger partial charge in [0, 0.05) is 30.4 Å². The normalized spacial score (nSPS) is 11.8. The summed E-state index contributed by atoms with van der Waals surface area (Å²) in [6, 6.07) is 10.4. The lowest BCUT2D eigenvalue weighted by molar-refractivity contribution is 0.0344. The SMILES string of the molecule is CCc1cc(NCC(C)(C)OC)c2ccccc2n1. The highest BCUT2D eigenvalue weighted by Gasteiger charge is 2.16. The molecule has 102 valence electrons. The molecule has 0 fully saturated rings. The van der Waals surface area contributed by atoms with Crippen LogP contribution in [0.15, 0.2) is 30.3 Å². The first-order chi connectivity index (χ1) is 9.05. The molecule has 0 aliphatic carbocycles. The van der Waals surface area contributed by atoms with Gasteiger partial charge in [0.1, 0.15) is 0 Å². The summed E-state index contributed by atoms with van der Waals surface area (Å²) in [6.07, 6.45) is 0.938. The average Bonchev–Trinajstić information content (AvgIpc) is 2.44. The molecule has 0 saturated heterocycles. The van der Waals surface area contributed by atoms with Crippen molar-refractivity contribution in [1.29, 1.82) is 0 Å². The monoisotopic (exact) mass is 258 g/mol. The van der Waals surface area contributed by atoms with Crippen LogP contribution in [0.5, 0.6) is 0 Å². The molecule has 2 aromatic rings. The number of fused-ring (bicyclic) bond motifs is 1. The summed E-state index contributed by atoms with van der Waals surface area (Å²) in [7, 11) is 1.74. The van der Waals surface area contributed by atoms with Crippen LogP contribution >= 0.6 is 0 Å². The molecule has 0 amide bonds. The molecule has 1 aromatic carbocycles. The number of nitrogens with zero attached hydrogens (tertiary/aromatic N) is 1. The molecule has 3 nitrogen and oxygen atoms in total. The molecule has 0 aliphatic rings. The van der Waals surface area contributed by atoms with Crippen LogP contribution in [-0.4, -0.2) is 24.2 Å². The van der Waals surface area contributed by atoms with Gasteiger partial charge in [-0.3, -0.25) is 4.98 Å². The van der Waals surface area contributed by atoms with Crippen molar-refractivity contribution in [3.05, 3.63) is 36.0 Å². The first-order valence-electron chi connectivity index (χ1n) is 6.73. The number of nitrogens with one attached hydrogen (secondary N) is 1. The largest absolute Gasteiger partial charge is 0.382 e. The summed E-state index contributed by atoms with van der Waals surface area (Å²) in [4.78, 5) is 4.65. The van der Waals surface area contributed by atoms with Crippen LogP contribution in [-0.2, 0) is 11.2 Å². The molecule has 3 heteroatoms. The predicted molar refractivity (Wildman–Crippen MR) is 80.7 cm³/mol. The second-order valence-corrected chi connectivity index (χ2v) is 5.35. The summed E-state index contributed by atoms with van der Waals surface area (Å²) >= 11 is 0. The van der Waals surface area contributed by atoms with Gasteiger partial charge in [0.2, 0.25) is 0 Å². The lowest BCUT2D eigenvalue weighted by Crippen LogP contribution is -2.32. The Balaban J connectivity index is 2.35. The lowest BCUT2D eigenvalue weighted by Gasteiger charge is -2.24. The van der Waals surface area contributed by atoms with Gasteiger partial charge in [-0.25, -0.2) is 0 Å². The summed E-state index contributed by atoms with van der Waals surface area (Å²) in [5.74, 6) is 0. The Morgan fingerprint density at radius 1 is 1.26 bits per heavy atom. The molecule has 0 atom stereocenters. The van der Waals surface area contributed by atoms with Gasteiger partial charge in [-0.05, 0) is 32.4 Å². The van der Waals surface area contributed by atoms with E-state index in [1.54, 1.807) is 7.11 Å². The van der Waals surface area contributed by atoms with E-state index in [-0.39, 0.29) is 5.60 Å². The summed E-state index contributed by atoms with van der Waals surface area (Å²) < 4.78 is 5.45. The average molecular weight is 258 g/mol. The zero-order chi connectivity index (χ0) is 13.9. The molecule has 0 saturated carbocycles. The Morgan fingerprint density at radius 2 is 2.00 bits per heavy atom. The fourth-order valence-electron chi connectivity index (χ4n) is 1.94. The van der Waals surface area contributed by atoms with Crippen molar-refractivity contribution in [2.45, 2.75) is 32.8 Å². The van der Waals surface area contributed by atoms with Gasteiger partial charge in [0.25, 0.3) is 0 Å². The number of ether oxygens (including phenoxy) is 1. The Morgan fingerprint density at radius 3 is 2.68 bits per heavy atom. The Labute approximate surface area is 115 Å². The van der Waals surface area contributed by atoms with Gasteiger partial charge in [-0.1, -0.05) is 25.1 Å². The van der Waals surface area contributed by atoms with Crippen molar-refractivity contribution in [3.63, 3.8) is 0 Å². The summed E-state index contributed by atoms with van der Waals surface area (Å²) in [5.41, 5.74) is 3.10. The number of para-hydroxylation sites is 1. The van der Waals surface area contributed by atoms with Crippen molar-refractivity contribution in [1.82, 2.24) is 4.98 Å². The fourth-order valence-corrected chi connectivity index (χ4v) is 1.94. The summed E-state index contributed by atoms with van der Waals surface area (Å²) in [5, 5.41) is 4.65. The maximum Gasteiger partial charge on any atom is 0.0794 e. The van der Waals surface area contributed by atoms with Gasteiger partial charge in [0.05, 0.1) is 11.1 Å². The van der Waals surface area contributed by atoms with E-state index in [4.69, 9.17) is 4.74 Å². The first-order valence-corrected chi connectivity index (χ1v) is 6.73. The van der Waals surface area contributed by atoms with E-state index < -0.39 is 0 Å². The minimum atomic E-state index is -0.184. The third-order valence-electron chi connectivity index (χ3n) is 3.39.